The minimum atomic E-state index is -2.03. The van der Waals surface area contributed by atoms with Crippen LogP contribution in [-0.4, -0.2) is 29.5 Å². The van der Waals surface area contributed by atoms with Crippen LogP contribution < -0.4 is 5.32 Å². The van der Waals surface area contributed by atoms with Crippen LogP contribution in [0.3, 0.4) is 0 Å². The Hall–Kier alpha value is -2.32. The average Bonchev–Trinajstić information content (AvgIpc) is 2.91. The van der Waals surface area contributed by atoms with Crippen molar-refractivity contribution in [1.29, 1.82) is 0 Å². The minimum absolute atomic E-state index is 0.119. The van der Waals surface area contributed by atoms with Crippen molar-refractivity contribution < 1.29 is 23.9 Å². The molecule has 3 N–H and O–H groups in total. The third-order valence-corrected chi connectivity index (χ3v) is 4.16. The van der Waals surface area contributed by atoms with Crippen LogP contribution in [0, 0.1) is 0 Å². The number of hydrogen-bond acceptors (Lipinski definition) is 5. The molecule has 0 aliphatic heterocycles. The highest BCUT2D eigenvalue weighted by Gasteiger charge is 2.24. The summed E-state index contributed by atoms with van der Waals surface area (Å²) in [7, 11) is -2.03. The first-order valence-corrected chi connectivity index (χ1v) is 8.41. The summed E-state index contributed by atoms with van der Waals surface area (Å²) in [6.07, 6.45) is -0.722. The van der Waals surface area contributed by atoms with Crippen molar-refractivity contribution in [3.8, 4) is 0 Å². The maximum absolute atomic E-state index is 12.3. The number of carbonyl (C=O) groups excluding carboxylic acids is 1. The number of amides is 1. The second kappa shape index (κ2) is 8.38. The number of nitrogens with one attached hydrogen (secondary N) is 1. The molecule has 0 aliphatic carbocycles. The van der Waals surface area contributed by atoms with Gasteiger partial charge in [-0.3, -0.25) is 4.79 Å². The van der Waals surface area contributed by atoms with E-state index in [0.29, 0.717) is 11.1 Å². The van der Waals surface area contributed by atoms with Gasteiger partial charge in [0.25, 0.3) is 0 Å². The summed E-state index contributed by atoms with van der Waals surface area (Å²) in [6.45, 7) is 0. The minimum Gasteiger partial charge on any atom is -0.444 e. The van der Waals surface area contributed by atoms with E-state index in [4.69, 9.17) is 30.7 Å². The van der Waals surface area contributed by atoms with E-state index in [2.05, 4.69) is 5.32 Å². The first-order valence-electron chi connectivity index (χ1n) is 8.03. The molecular weight excluding hydrogens is 356 g/mol. The average molecular weight is 374 g/mol. The molecule has 3 aromatic rings. The number of halogens is 1. The molecule has 3 rings (SSSR count). The molecule has 134 valence electrons. The van der Waals surface area contributed by atoms with Crippen LogP contribution in [0.2, 0.25) is 5.22 Å². The lowest BCUT2D eigenvalue weighted by atomic mass is 10.1. The molecule has 0 radical (unpaired) electrons. The predicted octanol–water partition coefficient (Wildman–Crippen LogP) is 2.30. The topological polar surface area (TPSA) is 91.9 Å². The molecule has 0 unspecified atom stereocenters. The van der Waals surface area contributed by atoms with E-state index in [1.807, 2.05) is 48.5 Å². The fourth-order valence-corrected chi connectivity index (χ4v) is 3.00. The Morgan fingerprint density at radius 2 is 1.85 bits per heavy atom. The van der Waals surface area contributed by atoms with E-state index < -0.39 is 13.5 Å². The molecular formula is C18H17BClNO5. The molecule has 1 amide bonds. The van der Waals surface area contributed by atoms with Crippen molar-refractivity contribution in [3.63, 3.8) is 0 Å². The summed E-state index contributed by atoms with van der Waals surface area (Å²) in [5.74, 6) is -0.314. The lowest BCUT2D eigenvalue weighted by Gasteiger charge is -2.19. The number of rotatable bonds is 7. The molecule has 1 atom stereocenters. The van der Waals surface area contributed by atoms with Gasteiger partial charge in [0.1, 0.15) is 11.8 Å². The van der Waals surface area contributed by atoms with E-state index in [-0.39, 0.29) is 24.0 Å². The van der Waals surface area contributed by atoms with Gasteiger partial charge >= 0.3 is 7.32 Å². The highest BCUT2D eigenvalue weighted by molar-refractivity contribution is 6.32. The molecule has 1 aromatic heterocycles. The number of furan rings is 1. The van der Waals surface area contributed by atoms with Gasteiger partial charge in [0.05, 0.1) is 6.42 Å². The van der Waals surface area contributed by atoms with E-state index >= 15 is 0 Å². The number of para-hydroxylation sites is 1. The Balaban J connectivity index is 1.75. The molecule has 6 nitrogen and oxygen atoms in total. The third kappa shape index (κ3) is 4.65. The van der Waals surface area contributed by atoms with Gasteiger partial charge in [-0.1, -0.05) is 48.5 Å². The molecule has 26 heavy (non-hydrogen) atoms. The predicted molar refractivity (Wildman–Crippen MR) is 98.3 cm³/mol. The second-order valence-electron chi connectivity index (χ2n) is 5.74. The van der Waals surface area contributed by atoms with E-state index in [0.717, 1.165) is 10.9 Å². The monoisotopic (exact) mass is 373 g/mol. The summed E-state index contributed by atoms with van der Waals surface area (Å²) >= 11 is 6.15. The van der Waals surface area contributed by atoms with Crippen LogP contribution in [-0.2, 0) is 22.3 Å². The maximum Gasteiger partial charge on any atom is 0.635 e. The third-order valence-electron chi connectivity index (χ3n) is 3.85. The Bertz CT molecular complexity index is 884. The van der Waals surface area contributed by atoms with Crippen LogP contribution in [0.25, 0.3) is 11.0 Å². The van der Waals surface area contributed by atoms with Gasteiger partial charge in [-0.05, 0) is 23.2 Å². The van der Waals surface area contributed by atoms with Gasteiger partial charge in [-0.15, -0.1) is 0 Å². The highest BCUT2D eigenvalue weighted by atomic mass is 35.5. The lowest BCUT2D eigenvalue weighted by molar-refractivity contribution is -0.123. The summed E-state index contributed by atoms with van der Waals surface area (Å²) in [4.78, 5) is 12.3. The van der Waals surface area contributed by atoms with Gasteiger partial charge in [-0.2, -0.15) is 0 Å². The molecule has 0 saturated carbocycles. The Morgan fingerprint density at radius 3 is 2.58 bits per heavy atom. The fourth-order valence-electron chi connectivity index (χ4n) is 2.74. The Labute approximate surface area is 155 Å². The zero-order valence-corrected chi connectivity index (χ0v) is 14.5. The quantitative estimate of drug-likeness (QED) is 0.436. The molecule has 1 heterocycles. The van der Waals surface area contributed by atoms with Crippen molar-refractivity contribution in [2.24, 2.45) is 0 Å². The standard InChI is InChI=1S/C18H17BClNO5/c20-18-14(13-8-4-5-9-15(13)25-18)11-17(26-19(23)24)21-16(22)10-12-6-2-1-3-7-12/h1-9,17,23-24H,10-11H2,(H,21,22)/t17-/m1/s1. The first kappa shape index (κ1) is 18.5. The van der Waals surface area contributed by atoms with Gasteiger partial charge in [0, 0.05) is 17.4 Å². The summed E-state index contributed by atoms with van der Waals surface area (Å²) in [5, 5.41) is 21.9. The largest absolute Gasteiger partial charge is 0.635 e. The van der Waals surface area contributed by atoms with Gasteiger partial charge in [0.2, 0.25) is 5.91 Å². The molecule has 0 aliphatic rings. The second-order valence-corrected chi connectivity index (χ2v) is 6.08. The summed E-state index contributed by atoms with van der Waals surface area (Å²) in [5.41, 5.74) is 2.06. The number of carbonyl (C=O) groups is 1. The van der Waals surface area contributed by atoms with Crippen molar-refractivity contribution in [2.45, 2.75) is 19.1 Å². The first-order chi connectivity index (χ1) is 12.5. The molecule has 0 bridgehead atoms. The molecule has 8 heteroatoms. The molecule has 0 fully saturated rings. The molecule has 0 saturated heterocycles. The summed E-state index contributed by atoms with van der Waals surface area (Å²) in [6, 6.07) is 16.5. The summed E-state index contributed by atoms with van der Waals surface area (Å²) < 4.78 is 10.5. The van der Waals surface area contributed by atoms with Crippen LogP contribution in [0.1, 0.15) is 11.1 Å². The van der Waals surface area contributed by atoms with Crippen LogP contribution in [0.15, 0.2) is 59.0 Å². The van der Waals surface area contributed by atoms with Crippen molar-refractivity contribution >= 4 is 35.8 Å². The zero-order valence-electron chi connectivity index (χ0n) is 13.8. The highest BCUT2D eigenvalue weighted by Crippen LogP contribution is 2.30. The van der Waals surface area contributed by atoms with Crippen molar-refractivity contribution in [3.05, 3.63) is 70.9 Å². The number of hydrogen-bond donors (Lipinski definition) is 3. The van der Waals surface area contributed by atoms with Crippen LogP contribution in [0.4, 0.5) is 0 Å². The normalized spacial score (nSPS) is 12.1. The Morgan fingerprint density at radius 1 is 1.15 bits per heavy atom. The van der Waals surface area contributed by atoms with Crippen molar-refractivity contribution in [2.75, 3.05) is 0 Å². The number of benzene rings is 2. The van der Waals surface area contributed by atoms with Gasteiger partial charge < -0.3 is 24.4 Å². The van der Waals surface area contributed by atoms with E-state index in [9.17, 15) is 4.79 Å². The van der Waals surface area contributed by atoms with Crippen molar-refractivity contribution in [1.82, 2.24) is 5.32 Å². The smallest absolute Gasteiger partial charge is 0.444 e. The van der Waals surface area contributed by atoms with Crippen LogP contribution >= 0.6 is 11.6 Å². The zero-order chi connectivity index (χ0) is 18.5. The SMILES string of the molecule is O=C(Cc1ccccc1)N[C@@H](Cc1c(Cl)oc2ccccc12)OB(O)O. The molecule has 2 aromatic carbocycles. The Kier molecular flexibility index (Phi) is 5.95. The van der Waals surface area contributed by atoms with E-state index in [1.165, 1.54) is 0 Å². The molecule has 0 spiro atoms. The van der Waals surface area contributed by atoms with Gasteiger partial charge in [0.15, 0.2) is 5.22 Å². The maximum atomic E-state index is 12.3. The fraction of sp³-hybridized carbons (Fsp3) is 0.167. The van der Waals surface area contributed by atoms with Gasteiger partial charge in [-0.25, -0.2) is 0 Å². The van der Waals surface area contributed by atoms with Crippen LogP contribution in [0.5, 0.6) is 0 Å². The lowest BCUT2D eigenvalue weighted by Crippen LogP contribution is -2.43. The van der Waals surface area contributed by atoms with E-state index in [1.54, 1.807) is 6.07 Å². The number of fused-ring (bicyclic) bond motifs is 1.